The van der Waals surface area contributed by atoms with Crippen LogP contribution in [-0.2, 0) is 0 Å². The summed E-state index contributed by atoms with van der Waals surface area (Å²) in [6.07, 6.45) is 2.22. The van der Waals surface area contributed by atoms with Gasteiger partial charge in [-0.2, -0.15) is 5.26 Å². The summed E-state index contributed by atoms with van der Waals surface area (Å²) >= 11 is 0. The summed E-state index contributed by atoms with van der Waals surface area (Å²) < 4.78 is 12.5. The van der Waals surface area contributed by atoms with Crippen LogP contribution in [-0.4, -0.2) is 6.17 Å². The fourth-order valence-electron chi connectivity index (χ4n) is 1.25. The van der Waals surface area contributed by atoms with E-state index >= 15 is 0 Å². The molecule has 9 heavy (non-hydrogen) atoms. The molecular formula is C7H10FN. The second-order valence-electron chi connectivity index (χ2n) is 2.59. The van der Waals surface area contributed by atoms with Crippen molar-refractivity contribution < 1.29 is 4.39 Å². The van der Waals surface area contributed by atoms with Crippen molar-refractivity contribution in [1.82, 2.24) is 0 Å². The zero-order valence-electron chi connectivity index (χ0n) is 5.31. The molecule has 0 aliphatic heterocycles. The fraction of sp³-hybridized carbons (Fsp3) is 0.857. The van der Waals surface area contributed by atoms with Crippen molar-refractivity contribution in [1.29, 1.82) is 5.26 Å². The van der Waals surface area contributed by atoms with Crippen molar-refractivity contribution in [2.75, 3.05) is 0 Å². The molecule has 0 spiro atoms. The van der Waals surface area contributed by atoms with E-state index in [4.69, 9.17) is 5.26 Å². The normalized spacial score (nSPS) is 35.6. The molecule has 0 bridgehead atoms. The summed E-state index contributed by atoms with van der Waals surface area (Å²) in [5.41, 5.74) is 0. The van der Waals surface area contributed by atoms with Gasteiger partial charge in [-0.1, -0.05) is 0 Å². The Kier molecular flexibility index (Phi) is 2.05. The number of hydrogen-bond donors (Lipinski definition) is 0. The summed E-state index contributed by atoms with van der Waals surface area (Å²) in [6, 6.07) is 2.09. The van der Waals surface area contributed by atoms with E-state index in [2.05, 4.69) is 6.07 Å². The molecule has 0 aromatic heterocycles. The Morgan fingerprint density at radius 3 is 2.67 bits per heavy atom. The molecule has 0 unspecified atom stereocenters. The van der Waals surface area contributed by atoms with E-state index in [9.17, 15) is 4.39 Å². The van der Waals surface area contributed by atoms with E-state index < -0.39 is 6.17 Å². The molecule has 0 aromatic rings. The number of rotatable bonds is 0. The van der Waals surface area contributed by atoms with Gasteiger partial charge in [0.2, 0.25) is 0 Å². The lowest BCUT2D eigenvalue weighted by atomic mass is 9.89. The molecule has 0 radical (unpaired) electrons. The molecule has 2 heteroatoms. The lowest BCUT2D eigenvalue weighted by Gasteiger charge is -2.17. The van der Waals surface area contributed by atoms with Gasteiger partial charge < -0.3 is 0 Å². The lowest BCUT2D eigenvalue weighted by molar-refractivity contribution is 0.224. The number of nitriles is 1. The van der Waals surface area contributed by atoms with Gasteiger partial charge in [0.25, 0.3) is 0 Å². The number of nitrogens with zero attached hydrogens (tertiary/aromatic N) is 1. The highest BCUT2D eigenvalue weighted by atomic mass is 19.1. The van der Waals surface area contributed by atoms with Crippen LogP contribution in [0.2, 0.25) is 0 Å². The van der Waals surface area contributed by atoms with E-state index in [1.165, 1.54) is 0 Å². The van der Waals surface area contributed by atoms with Crippen molar-refractivity contribution in [3.05, 3.63) is 0 Å². The molecule has 1 saturated carbocycles. The quantitative estimate of drug-likeness (QED) is 0.488. The Morgan fingerprint density at radius 2 is 2.22 bits per heavy atom. The molecule has 1 rings (SSSR count). The SMILES string of the molecule is N#C[C@@H]1CCC[C@@H](F)C1. The van der Waals surface area contributed by atoms with Gasteiger partial charge >= 0.3 is 0 Å². The Labute approximate surface area is 54.5 Å². The van der Waals surface area contributed by atoms with Crippen LogP contribution in [0.25, 0.3) is 0 Å². The Balaban J connectivity index is 2.34. The van der Waals surface area contributed by atoms with Crippen molar-refractivity contribution >= 4 is 0 Å². The topological polar surface area (TPSA) is 23.8 Å². The zero-order valence-corrected chi connectivity index (χ0v) is 5.31. The van der Waals surface area contributed by atoms with E-state index in [0.717, 1.165) is 12.8 Å². The van der Waals surface area contributed by atoms with Crippen molar-refractivity contribution in [3.63, 3.8) is 0 Å². The van der Waals surface area contributed by atoms with Crippen LogP contribution in [0.5, 0.6) is 0 Å². The van der Waals surface area contributed by atoms with Crippen molar-refractivity contribution in [3.8, 4) is 6.07 Å². The summed E-state index contributed by atoms with van der Waals surface area (Å²) in [5.74, 6) is -0.00579. The van der Waals surface area contributed by atoms with Crippen molar-refractivity contribution in [2.24, 2.45) is 5.92 Å². The molecule has 1 fully saturated rings. The lowest BCUT2D eigenvalue weighted by Crippen LogP contribution is -2.14. The molecule has 2 atom stereocenters. The first-order valence-corrected chi connectivity index (χ1v) is 3.36. The van der Waals surface area contributed by atoms with Crippen LogP contribution in [0, 0.1) is 17.2 Å². The monoisotopic (exact) mass is 127 g/mol. The van der Waals surface area contributed by atoms with Crippen LogP contribution in [0.15, 0.2) is 0 Å². The van der Waals surface area contributed by atoms with Crippen LogP contribution in [0.3, 0.4) is 0 Å². The summed E-state index contributed by atoms with van der Waals surface area (Å²) in [4.78, 5) is 0. The van der Waals surface area contributed by atoms with E-state index in [0.29, 0.717) is 12.8 Å². The fourth-order valence-corrected chi connectivity index (χ4v) is 1.25. The predicted molar refractivity (Wildman–Crippen MR) is 32.5 cm³/mol. The maximum Gasteiger partial charge on any atom is 0.101 e. The van der Waals surface area contributed by atoms with Gasteiger partial charge in [-0.15, -0.1) is 0 Å². The van der Waals surface area contributed by atoms with Gasteiger partial charge in [-0.25, -0.2) is 4.39 Å². The molecule has 1 nitrogen and oxygen atoms in total. The van der Waals surface area contributed by atoms with Crippen LogP contribution in [0.4, 0.5) is 4.39 Å². The average Bonchev–Trinajstić information content (AvgIpc) is 1.88. The third kappa shape index (κ3) is 1.67. The zero-order chi connectivity index (χ0) is 6.69. The molecule has 0 amide bonds. The molecule has 0 saturated heterocycles. The second-order valence-corrected chi connectivity index (χ2v) is 2.59. The van der Waals surface area contributed by atoms with Crippen LogP contribution in [0.1, 0.15) is 25.7 Å². The first-order chi connectivity index (χ1) is 4.33. The number of alkyl halides is 1. The summed E-state index contributed by atoms with van der Waals surface area (Å²) in [7, 11) is 0. The molecule has 1 aliphatic rings. The second kappa shape index (κ2) is 2.82. The summed E-state index contributed by atoms with van der Waals surface area (Å²) in [6.45, 7) is 0. The molecule has 0 aromatic carbocycles. The standard InChI is InChI=1S/C7H10FN/c8-7-3-1-2-6(4-7)5-9/h6-7H,1-4H2/t6-,7-/m1/s1. The molecule has 0 N–H and O–H groups in total. The van der Waals surface area contributed by atoms with Gasteiger partial charge in [0.1, 0.15) is 6.17 Å². The Bertz CT molecular complexity index is 127. The third-order valence-electron chi connectivity index (χ3n) is 1.79. The van der Waals surface area contributed by atoms with E-state index in [-0.39, 0.29) is 5.92 Å². The first kappa shape index (κ1) is 6.54. The molecule has 1 aliphatic carbocycles. The van der Waals surface area contributed by atoms with Gasteiger partial charge in [-0.05, 0) is 25.7 Å². The maximum absolute atomic E-state index is 12.5. The predicted octanol–water partition coefficient (Wildman–Crippen LogP) is 2.04. The molecule has 50 valence electrons. The van der Waals surface area contributed by atoms with Crippen LogP contribution < -0.4 is 0 Å². The minimum absolute atomic E-state index is 0.00579. The van der Waals surface area contributed by atoms with Crippen molar-refractivity contribution in [2.45, 2.75) is 31.9 Å². The van der Waals surface area contributed by atoms with Gasteiger partial charge in [0.05, 0.1) is 6.07 Å². The highest BCUT2D eigenvalue weighted by molar-refractivity contribution is 4.87. The highest BCUT2D eigenvalue weighted by Gasteiger charge is 2.20. The molecule has 0 heterocycles. The Morgan fingerprint density at radius 1 is 1.44 bits per heavy atom. The summed E-state index contributed by atoms with van der Waals surface area (Å²) in [5, 5.41) is 8.39. The van der Waals surface area contributed by atoms with E-state index in [1.54, 1.807) is 0 Å². The van der Waals surface area contributed by atoms with Crippen LogP contribution >= 0.6 is 0 Å². The van der Waals surface area contributed by atoms with Gasteiger partial charge in [-0.3, -0.25) is 0 Å². The smallest absolute Gasteiger partial charge is 0.101 e. The van der Waals surface area contributed by atoms with Gasteiger partial charge in [0.15, 0.2) is 0 Å². The van der Waals surface area contributed by atoms with E-state index in [1.807, 2.05) is 0 Å². The van der Waals surface area contributed by atoms with Gasteiger partial charge in [0, 0.05) is 5.92 Å². The number of halogens is 1. The minimum atomic E-state index is -0.705. The Hall–Kier alpha value is -0.580. The number of hydrogen-bond acceptors (Lipinski definition) is 1. The third-order valence-corrected chi connectivity index (χ3v) is 1.79. The average molecular weight is 127 g/mol. The maximum atomic E-state index is 12.5. The highest BCUT2D eigenvalue weighted by Crippen LogP contribution is 2.25. The first-order valence-electron chi connectivity index (χ1n) is 3.36. The minimum Gasteiger partial charge on any atom is -0.247 e. The molecular weight excluding hydrogens is 117 g/mol. The largest absolute Gasteiger partial charge is 0.247 e.